The number of fused-ring (bicyclic) bond motifs is 2. The molecule has 26 heavy (non-hydrogen) atoms. The predicted octanol–water partition coefficient (Wildman–Crippen LogP) is 1.74. The molecule has 7 nitrogen and oxygen atoms in total. The van der Waals surface area contributed by atoms with E-state index in [2.05, 4.69) is 9.97 Å². The number of halogens is 3. The summed E-state index contributed by atoms with van der Waals surface area (Å²) >= 11 is 0. The first kappa shape index (κ1) is 17.0. The van der Waals surface area contributed by atoms with Gasteiger partial charge >= 0.3 is 18.1 Å². The number of piperidine rings is 1. The lowest BCUT2D eigenvalue weighted by Gasteiger charge is -2.25. The summed E-state index contributed by atoms with van der Waals surface area (Å²) in [7, 11) is 0. The highest BCUT2D eigenvalue weighted by Crippen LogP contribution is 2.68. The highest BCUT2D eigenvalue weighted by atomic mass is 19.4. The number of hydrogen-bond donors (Lipinski definition) is 2. The van der Waals surface area contributed by atoms with Crippen LogP contribution in [0.3, 0.4) is 0 Å². The molecular weight excluding hydrogens is 355 g/mol. The Kier molecular flexibility index (Phi) is 3.33. The van der Waals surface area contributed by atoms with Crippen molar-refractivity contribution in [2.45, 2.75) is 38.3 Å². The summed E-state index contributed by atoms with van der Waals surface area (Å²) in [5.74, 6) is -2.74. The summed E-state index contributed by atoms with van der Waals surface area (Å²) in [6.45, 7) is -0.407. The number of aromatic nitrogens is 2. The number of aryl methyl sites for hydroxylation is 1. The minimum Gasteiger partial charge on any atom is -0.481 e. The molecule has 2 heterocycles. The monoisotopic (exact) mass is 371 g/mol. The molecule has 2 N–H and O–H groups in total. The number of aliphatic carboxylic acids is 2. The summed E-state index contributed by atoms with van der Waals surface area (Å²) in [4.78, 5) is 32.4. The lowest BCUT2D eigenvalue weighted by Crippen LogP contribution is -2.32. The van der Waals surface area contributed by atoms with Gasteiger partial charge in [0, 0.05) is 24.3 Å². The van der Waals surface area contributed by atoms with E-state index in [4.69, 9.17) is 0 Å². The topological polar surface area (TPSA) is 104 Å². The Bertz CT molecular complexity index is 800. The molecule has 140 valence electrons. The van der Waals surface area contributed by atoms with E-state index in [9.17, 15) is 33.0 Å². The maximum absolute atomic E-state index is 13.4. The van der Waals surface area contributed by atoms with Crippen LogP contribution in [0.2, 0.25) is 0 Å². The summed E-state index contributed by atoms with van der Waals surface area (Å²) < 4.78 is 40.3. The maximum Gasteiger partial charge on any atom is 0.433 e. The quantitative estimate of drug-likeness (QED) is 0.834. The fourth-order valence-corrected chi connectivity index (χ4v) is 4.39. The predicted molar refractivity (Wildman–Crippen MR) is 80.6 cm³/mol. The summed E-state index contributed by atoms with van der Waals surface area (Å²) in [5, 5.41) is 18.9. The van der Waals surface area contributed by atoms with Gasteiger partial charge < -0.3 is 15.1 Å². The zero-order valence-corrected chi connectivity index (χ0v) is 13.6. The van der Waals surface area contributed by atoms with Gasteiger partial charge in [0.1, 0.15) is 10.8 Å². The average molecular weight is 371 g/mol. The molecule has 3 aliphatic rings. The lowest BCUT2D eigenvalue weighted by molar-refractivity contribution is -0.151. The normalized spacial score (nSPS) is 29.9. The Morgan fingerprint density at radius 3 is 2.12 bits per heavy atom. The highest BCUT2D eigenvalue weighted by molar-refractivity contribution is 5.95. The minimum atomic E-state index is -4.64. The van der Waals surface area contributed by atoms with Crippen LogP contribution < -0.4 is 4.90 Å². The van der Waals surface area contributed by atoms with Gasteiger partial charge in [-0.25, -0.2) is 9.97 Å². The fourth-order valence-electron chi connectivity index (χ4n) is 4.39. The Morgan fingerprint density at radius 2 is 1.58 bits per heavy atom. The van der Waals surface area contributed by atoms with Gasteiger partial charge in [0.15, 0.2) is 5.69 Å². The van der Waals surface area contributed by atoms with Crippen molar-refractivity contribution < 1.29 is 33.0 Å². The van der Waals surface area contributed by atoms with Crippen LogP contribution in [0.1, 0.15) is 36.2 Å². The molecule has 10 heteroatoms. The molecule has 0 spiro atoms. The number of nitrogens with zero attached hydrogens (tertiary/aromatic N) is 3. The van der Waals surface area contributed by atoms with Gasteiger partial charge in [0.25, 0.3) is 0 Å². The molecular formula is C16H16F3N3O4. The van der Waals surface area contributed by atoms with E-state index in [1.165, 1.54) is 4.90 Å². The van der Waals surface area contributed by atoms with Crippen LogP contribution in [0, 0.1) is 10.8 Å². The molecule has 1 aliphatic heterocycles. The van der Waals surface area contributed by atoms with Crippen molar-refractivity contribution in [3.8, 4) is 0 Å². The van der Waals surface area contributed by atoms with Crippen molar-refractivity contribution in [3.05, 3.63) is 17.0 Å². The molecule has 0 amide bonds. The van der Waals surface area contributed by atoms with Crippen molar-refractivity contribution in [1.29, 1.82) is 0 Å². The van der Waals surface area contributed by atoms with Crippen molar-refractivity contribution >= 4 is 17.9 Å². The van der Waals surface area contributed by atoms with Gasteiger partial charge in [-0.15, -0.1) is 0 Å². The first-order chi connectivity index (χ1) is 12.1. The molecule has 1 aromatic rings. The van der Waals surface area contributed by atoms with Crippen LogP contribution >= 0.6 is 0 Å². The SMILES string of the molecule is O=C(O)[C@@]12CN(c3nc4c(c(C(F)(F)F)n3)CCCC4)C[C@]1(C(=O)O)C2. The lowest BCUT2D eigenvalue weighted by atomic mass is 9.94. The fraction of sp³-hybridized carbons (Fsp3) is 0.625. The number of hydrogen-bond acceptors (Lipinski definition) is 5. The molecule has 1 aromatic heterocycles. The van der Waals surface area contributed by atoms with Crippen LogP contribution in [0.25, 0.3) is 0 Å². The van der Waals surface area contributed by atoms with E-state index in [-0.39, 0.29) is 37.4 Å². The first-order valence-electron chi connectivity index (χ1n) is 8.29. The molecule has 0 aromatic carbocycles. The van der Waals surface area contributed by atoms with Crippen molar-refractivity contribution in [2.75, 3.05) is 18.0 Å². The first-order valence-corrected chi connectivity index (χ1v) is 8.29. The van der Waals surface area contributed by atoms with Crippen LogP contribution in [-0.2, 0) is 28.6 Å². The van der Waals surface area contributed by atoms with E-state index in [1.54, 1.807) is 0 Å². The summed E-state index contributed by atoms with van der Waals surface area (Å²) in [6.07, 6.45) is -2.67. The van der Waals surface area contributed by atoms with E-state index in [0.717, 1.165) is 6.42 Å². The Hall–Kier alpha value is -2.39. The maximum atomic E-state index is 13.4. The Balaban J connectivity index is 1.76. The third-order valence-corrected chi connectivity index (χ3v) is 5.86. The number of carbonyl (C=O) groups is 2. The molecule has 1 saturated carbocycles. The number of carboxylic acids is 2. The Labute approximate surface area is 145 Å². The minimum absolute atomic E-state index is 0.0295. The van der Waals surface area contributed by atoms with Crippen molar-refractivity contribution in [1.82, 2.24) is 9.97 Å². The molecule has 2 fully saturated rings. The van der Waals surface area contributed by atoms with Crippen molar-refractivity contribution in [2.24, 2.45) is 10.8 Å². The molecule has 4 rings (SSSR count). The van der Waals surface area contributed by atoms with Gasteiger partial charge in [0.2, 0.25) is 5.95 Å². The van der Waals surface area contributed by atoms with Gasteiger partial charge in [-0.3, -0.25) is 9.59 Å². The Morgan fingerprint density at radius 1 is 1.00 bits per heavy atom. The molecule has 0 unspecified atom stereocenters. The summed E-state index contributed by atoms with van der Waals surface area (Å²) in [5.41, 5.74) is -3.56. The second-order valence-electron chi connectivity index (χ2n) is 7.31. The number of alkyl halides is 3. The molecule has 1 saturated heterocycles. The number of rotatable bonds is 3. The van der Waals surface area contributed by atoms with Crippen LogP contribution in [0.15, 0.2) is 0 Å². The largest absolute Gasteiger partial charge is 0.481 e. The van der Waals surface area contributed by atoms with Crippen LogP contribution in [0.5, 0.6) is 0 Å². The van der Waals surface area contributed by atoms with Gasteiger partial charge in [0.05, 0.1) is 0 Å². The van der Waals surface area contributed by atoms with Gasteiger partial charge in [-0.2, -0.15) is 13.2 Å². The van der Waals surface area contributed by atoms with Gasteiger partial charge in [-0.1, -0.05) is 0 Å². The number of carboxylic acid groups (broad SMARTS) is 2. The highest BCUT2D eigenvalue weighted by Gasteiger charge is 2.81. The van der Waals surface area contributed by atoms with Crippen molar-refractivity contribution in [3.63, 3.8) is 0 Å². The standard InChI is InChI=1S/C16H16F3N3O4/c17-16(18,19)10-8-3-1-2-4-9(8)20-13(21-10)22-6-14(11(23)24)5-15(14,7-22)12(25)26/h1-7H2,(H,23,24)(H,25,26)/t14-,15+. The summed E-state index contributed by atoms with van der Waals surface area (Å²) in [6, 6.07) is 0. The van der Waals surface area contributed by atoms with Gasteiger partial charge in [-0.05, 0) is 32.1 Å². The molecule has 2 atom stereocenters. The van der Waals surface area contributed by atoms with E-state index in [0.29, 0.717) is 18.5 Å². The third kappa shape index (κ3) is 2.13. The zero-order chi connectivity index (χ0) is 18.9. The van der Waals surface area contributed by atoms with E-state index < -0.39 is 34.6 Å². The van der Waals surface area contributed by atoms with E-state index in [1.807, 2.05) is 0 Å². The second kappa shape index (κ2) is 5.08. The average Bonchev–Trinajstić information content (AvgIpc) is 3.11. The number of anilines is 1. The van der Waals surface area contributed by atoms with Crippen LogP contribution in [-0.4, -0.2) is 45.2 Å². The molecule has 2 aliphatic carbocycles. The van der Waals surface area contributed by atoms with Crippen LogP contribution in [0.4, 0.5) is 19.1 Å². The molecule has 0 radical (unpaired) electrons. The zero-order valence-electron chi connectivity index (χ0n) is 13.6. The smallest absolute Gasteiger partial charge is 0.433 e. The molecule has 0 bridgehead atoms. The van der Waals surface area contributed by atoms with E-state index >= 15 is 0 Å². The second-order valence-corrected chi connectivity index (χ2v) is 7.31. The third-order valence-electron chi connectivity index (χ3n) is 5.86.